The number of aromatic carboxylic acids is 1. The average molecular weight is 272 g/mol. The summed E-state index contributed by atoms with van der Waals surface area (Å²) in [7, 11) is 0. The molecule has 4 nitrogen and oxygen atoms in total. The Morgan fingerprint density at radius 3 is 2.90 bits per heavy atom. The number of aromatic nitrogens is 2. The van der Waals surface area contributed by atoms with Crippen molar-refractivity contribution < 1.29 is 9.90 Å². The molecule has 3 rings (SSSR count). The molecule has 1 heterocycles. The van der Waals surface area contributed by atoms with Crippen LogP contribution in [-0.4, -0.2) is 20.6 Å². The average Bonchev–Trinajstić information content (AvgIpc) is 3.18. The van der Waals surface area contributed by atoms with Crippen LogP contribution in [0.3, 0.4) is 0 Å². The van der Waals surface area contributed by atoms with Crippen LogP contribution in [0.1, 0.15) is 48.8 Å². The van der Waals surface area contributed by atoms with E-state index in [0.29, 0.717) is 5.56 Å². The molecule has 20 heavy (non-hydrogen) atoms. The summed E-state index contributed by atoms with van der Waals surface area (Å²) in [5.41, 5.74) is 2.19. The molecule has 1 aliphatic carbocycles. The van der Waals surface area contributed by atoms with Crippen molar-refractivity contribution in [2.75, 3.05) is 0 Å². The lowest BCUT2D eigenvalue weighted by Gasteiger charge is -2.08. The molecule has 1 aromatic carbocycles. The van der Waals surface area contributed by atoms with Crippen molar-refractivity contribution in [3.8, 4) is 0 Å². The fraction of sp³-hybridized carbons (Fsp3) is 0.500. The molecule has 0 bridgehead atoms. The molecular formula is C16H20N2O2. The van der Waals surface area contributed by atoms with E-state index in [0.717, 1.165) is 42.2 Å². The highest BCUT2D eigenvalue weighted by Gasteiger charge is 2.22. The van der Waals surface area contributed by atoms with Crippen LogP contribution in [0.25, 0.3) is 11.0 Å². The minimum Gasteiger partial charge on any atom is -0.478 e. The second kappa shape index (κ2) is 5.27. The van der Waals surface area contributed by atoms with Crippen molar-refractivity contribution in [2.45, 2.75) is 45.6 Å². The Hall–Kier alpha value is -1.84. The summed E-state index contributed by atoms with van der Waals surface area (Å²) in [6.45, 7) is 3.15. The summed E-state index contributed by atoms with van der Waals surface area (Å²) >= 11 is 0. The van der Waals surface area contributed by atoms with Gasteiger partial charge in [0.05, 0.1) is 16.6 Å². The van der Waals surface area contributed by atoms with Crippen LogP contribution in [0.2, 0.25) is 0 Å². The standard InChI is InChI=1S/C16H20N2O2/c1-2-3-15-17-13-10-12(16(19)20)6-7-14(13)18(15)9-8-11-4-5-11/h6-7,10-11H,2-5,8-9H2,1H3,(H,19,20). The van der Waals surface area contributed by atoms with E-state index in [-0.39, 0.29) is 0 Å². The number of hydrogen-bond donors (Lipinski definition) is 1. The van der Waals surface area contributed by atoms with Crippen molar-refractivity contribution >= 4 is 17.0 Å². The SMILES string of the molecule is CCCc1nc2cc(C(=O)O)ccc2n1CCC1CC1. The third-order valence-corrected chi connectivity index (χ3v) is 4.01. The summed E-state index contributed by atoms with van der Waals surface area (Å²) < 4.78 is 2.28. The highest BCUT2D eigenvalue weighted by atomic mass is 16.4. The second-order valence-corrected chi connectivity index (χ2v) is 5.67. The van der Waals surface area contributed by atoms with Gasteiger partial charge in [-0.15, -0.1) is 0 Å². The lowest BCUT2D eigenvalue weighted by molar-refractivity contribution is 0.0697. The lowest BCUT2D eigenvalue weighted by atomic mass is 10.2. The third kappa shape index (κ3) is 2.55. The van der Waals surface area contributed by atoms with E-state index in [1.165, 1.54) is 19.3 Å². The van der Waals surface area contributed by atoms with Crippen LogP contribution in [0.15, 0.2) is 18.2 Å². The molecule has 0 atom stereocenters. The zero-order valence-corrected chi connectivity index (χ0v) is 11.8. The normalized spacial score (nSPS) is 14.8. The first kappa shape index (κ1) is 13.2. The van der Waals surface area contributed by atoms with E-state index in [2.05, 4.69) is 16.5 Å². The van der Waals surface area contributed by atoms with Crippen LogP contribution in [0.5, 0.6) is 0 Å². The van der Waals surface area contributed by atoms with Gasteiger partial charge in [0.25, 0.3) is 0 Å². The van der Waals surface area contributed by atoms with Gasteiger partial charge in [-0.1, -0.05) is 19.8 Å². The minimum atomic E-state index is -0.892. The quantitative estimate of drug-likeness (QED) is 0.875. The predicted octanol–water partition coefficient (Wildman–Crippen LogP) is 3.49. The number of nitrogens with zero attached hydrogens (tertiary/aromatic N) is 2. The van der Waals surface area contributed by atoms with E-state index in [1.54, 1.807) is 12.1 Å². The van der Waals surface area contributed by atoms with E-state index in [4.69, 9.17) is 5.11 Å². The first-order valence-corrected chi connectivity index (χ1v) is 7.41. The van der Waals surface area contributed by atoms with E-state index in [9.17, 15) is 4.79 Å². The maximum absolute atomic E-state index is 11.1. The number of fused-ring (bicyclic) bond motifs is 1. The highest BCUT2D eigenvalue weighted by molar-refractivity contribution is 5.92. The molecule has 4 heteroatoms. The topological polar surface area (TPSA) is 55.1 Å². The first-order valence-electron chi connectivity index (χ1n) is 7.41. The number of carbonyl (C=O) groups is 1. The molecule has 2 aromatic rings. The van der Waals surface area contributed by atoms with Crippen molar-refractivity contribution in [2.24, 2.45) is 5.92 Å². The molecule has 106 valence electrons. The highest BCUT2D eigenvalue weighted by Crippen LogP contribution is 2.33. The Morgan fingerprint density at radius 1 is 1.45 bits per heavy atom. The summed E-state index contributed by atoms with van der Waals surface area (Å²) in [5, 5.41) is 9.07. The van der Waals surface area contributed by atoms with Gasteiger partial charge in [0.15, 0.2) is 0 Å². The van der Waals surface area contributed by atoms with E-state index >= 15 is 0 Å². The second-order valence-electron chi connectivity index (χ2n) is 5.67. The van der Waals surface area contributed by atoms with Crippen LogP contribution >= 0.6 is 0 Å². The summed E-state index contributed by atoms with van der Waals surface area (Å²) in [4.78, 5) is 15.7. The number of aryl methyl sites for hydroxylation is 2. The van der Waals surface area contributed by atoms with E-state index in [1.807, 2.05) is 6.07 Å². The number of hydrogen-bond acceptors (Lipinski definition) is 2. The molecule has 1 N–H and O–H groups in total. The minimum absolute atomic E-state index is 0.312. The number of carboxylic acid groups (broad SMARTS) is 1. The van der Waals surface area contributed by atoms with Crippen LogP contribution < -0.4 is 0 Å². The summed E-state index contributed by atoms with van der Waals surface area (Å²) in [6, 6.07) is 5.26. The van der Waals surface area contributed by atoms with Gasteiger partial charge >= 0.3 is 5.97 Å². The largest absolute Gasteiger partial charge is 0.478 e. The summed E-state index contributed by atoms with van der Waals surface area (Å²) in [6.07, 6.45) is 5.93. The molecule has 1 aromatic heterocycles. The Labute approximate surface area is 118 Å². The maximum atomic E-state index is 11.1. The number of imidazole rings is 1. The van der Waals surface area contributed by atoms with Gasteiger partial charge in [0, 0.05) is 13.0 Å². The van der Waals surface area contributed by atoms with Crippen molar-refractivity contribution in [3.63, 3.8) is 0 Å². The molecule has 0 radical (unpaired) electrons. The van der Waals surface area contributed by atoms with Crippen LogP contribution in [-0.2, 0) is 13.0 Å². The van der Waals surface area contributed by atoms with Crippen molar-refractivity contribution in [1.29, 1.82) is 0 Å². The van der Waals surface area contributed by atoms with Crippen molar-refractivity contribution in [3.05, 3.63) is 29.6 Å². The monoisotopic (exact) mass is 272 g/mol. The number of benzene rings is 1. The Balaban J connectivity index is 1.98. The third-order valence-electron chi connectivity index (χ3n) is 4.01. The fourth-order valence-electron chi connectivity index (χ4n) is 2.69. The van der Waals surface area contributed by atoms with Crippen molar-refractivity contribution in [1.82, 2.24) is 9.55 Å². The fourth-order valence-corrected chi connectivity index (χ4v) is 2.69. The molecule has 0 spiro atoms. The number of rotatable bonds is 6. The Morgan fingerprint density at radius 2 is 2.25 bits per heavy atom. The molecular weight excluding hydrogens is 252 g/mol. The molecule has 0 saturated heterocycles. The lowest BCUT2D eigenvalue weighted by Crippen LogP contribution is -2.04. The maximum Gasteiger partial charge on any atom is 0.335 e. The molecule has 1 aliphatic rings. The predicted molar refractivity (Wildman–Crippen MR) is 78.0 cm³/mol. The van der Waals surface area contributed by atoms with Gasteiger partial charge in [-0.3, -0.25) is 0 Å². The van der Waals surface area contributed by atoms with Gasteiger partial charge in [0.1, 0.15) is 5.82 Å². The van der Waals surface area contributed by atoms with Crippen LogP contribution in [0.4, 0.5) is 0 Å². The van der Waals surface area contributed by atoms with Gasteiger partial charge < -0.3 is 9.67 Å². The Kier molecular flexibility index (Phi) is 3.47. The summed E-state index contributed by atoms with van der Waals surface area (Å²) in [5.74, 6) is 1.09. The van der Waals surface area contributed by atoms with Gasteiger partial charge in [0.2, 0.25) is 0 Å². The zero-order chi connectivity index (χ0) is 14.1. The Bertz CT molecular complexity index is 641. The first-order chi connectivity index (χ1) is 9.69. The van der Waals surface area contributed by atoms with Crippen LogP contribution in [0, 0.1) is 5.92 Å². The molecule has 0 amide bonds. The molecule has 0 unspecified atom stereocenters. The molecule has 0 aliphatic heterocycles. The van der Waals surface area contributed by atoms with E-state index < -0.39 is 5.97 Å². The molecule has 1 saturated carbocycles. The van der Waals surface area contributed by atoms with Gasteiger partial charge in [-0.25, -0.2) is 9.78 Å². The van der Waals surface area contributed by atoms with Gasteiger partial charge in [-0.2, -0.15) is 0 Å². The zero-order valence-electron chi connectivity index (χ0n) is 11.8. The smallest absolute Gasteiger partial charge is 0.335 e. The number of carboxylic acids is 1. The van der Waals surface area contributed by atoms with Gasteiger partial charge in [-0.05, 0) is 37.0 Å². The molecule has 1 fully saturated rings.